The molecule has 7 aliphatic rings. The number of rotatable bonds is 0. The summed E-state index contributed by atoms with van der Waals surface area (Å²) in [6.45, 7) is 0. The fourth-order valence-electron chi connectivity index (χ4n) is 9.53. The Labute approximate surface area is 142 Å². The molecule has 2 N–H and O–H groups in total. The summed E-state index contributed by atoms with van der Waals surface area (Å²) in [4.78, 5) is 0. The van der Waals surface area contributed by atoms with Crippen LogP contribution < -0.4 is 0 Å². The van der Waals surface area contributed by atoms with Crippen molar-refractivity contribution in [3.05, 3.63) is 0 Å². The molecule has 5 saturated carbocycles. The number of ether oxygens (including phenoxy) is 2. The van der Waals surface area contributed by atoms with Crippen LogP contribution in [-0.4, -0.2) is 35.0 Å². The molecule has 4 heteroatoms. The quantitative estimate of drug-likeness (QED) is 0.712. The Morgan fingerprint density at radius 3 is 1.46 bits per heavy atom. The Bertz CT molecular complexity index is 530. The van der Waals surface area contributed by atoms with Crippen LogP contribution in [0.25, 0.3) is 0 Å². The second-order valence-corrected chi connectivity index (χ2v) is 10.1. The SMILES string of the molecule is O[C@@H]1O[C@@H]2CC[C@@H]3C[C@@H]4[C@H]5C[C@H]6CC[C@H]7O[C@H](O)[C@@H]([C@H]5[C@H]67)[C@H]1[C@@H]4[C@@H]32. The Morgan fingerprint density at radius 1 is 0.542 bits per heavy atom. The van der Waals surface area contributed by atoms with E-state index < -0.39 is 12.6 Å². The summed E-state index contributed by atoms with van der Waals surface area (Å²) >= 11 is 0. The van der Waals surface area contributed by atoms with Crippen molar-refractivity contribution in [2.75, 3.05) is 0 Å². The van der Waals surface area contributed by atoms with E-state index in [0.717, 1.165) is 36.5 Å². The largest absolute Gasteiger partial charge is 0.368 e. The van der Waals surface area contributed by atoms with Crippen molar-refractivity contribution >= 4 is 0 Å². The zero-order valence-electron chi connectivity index (χ0n) is 14.0. The van der Waals surface area contributed by atoms with Gasteiger partial charge in [-0.1, -0.05) is 0 Å². The van der Waals surface area contributed by atoms with Crippen molar-refractivity contribution in [3.8, 4) is 0 Å². The van der Waals surface area contributed by atoms with E-state index in [1.54, 1.807) is 0 Å². The molecule has 0 unspecified atom stereocenters. The number of hydrogen-bond donors (Lipinski definition) is 2. The van der Waals surface area contributed by atoms with Crippen LogP contribution >= 0.6 is 0 Å². The maximum Gasteiger partial charge on any atom is 0.158 e. The molecule has 14 atom stereocenters. The summed E-state index contributed by atoms with van der Waals surface area (Å²) in [5.74, 6) is 5.85. The maximum atomic E-state index is 10.9. The molecule has 0 spiro atoms. The molecule has 0 amide bonds. The van der Waals surface area contributed by atoms with E-state index in [9.17, 15) is 10.2 Å². The van der Waals surface area contributed by atoms with Crippen LogP contribution in [0.4, 0.5) is 0 Å². The van der Waals surface area contributed by atoms with Gasteiger partial charge < -0.3 is 19.7 Å². The molecular weight excluding hydrogens is 304 g/mol. The van der Waals surface area contributed by atoms with Crippen molar-refractivity contribution in [1.29, 1.82) is 0 Å². The lowest BCUT2D eigenvalue weighted by molar-refractivity contribution is -0.317. The van der Waals surface area contributed by atoms with Gasteiger partial charge in [-0.05, 0) is 85.9 Å². The standard InChI is InChI=1S/C20H28O4/c21-19-17-15-9(5-7-1-3-11(23-19)13(7)15)10-6-8-2-4-12-14(8)16(10)18(17)20(22)24-12/h7-22H,1-6H2/t7-,8-,9-,10-,11-,12-,13-,14+,15-,16+,17+,18-,19+,20-/m1/s1. The Kier molecular flexibility index (Phi) is 2.55. The maximum absolute atomic E-state index is 10.9. The van der Waals surface area contributed by atoms with Gasteiger partial charge in [0.2, 0.25) is 0 Å². The first kappa shape index (κ1) is 14.0. The highest BCUT2D eigenvalue weighted by atomic mass is 16.6. The van der Waals surface area contributed by atoms with Crippen molar-refractivity contribution < 1.29 is 19.7 Å². The average Bonchev–Trinajstić information content (AvgIpc) is 3.27. The van der Waals surface area contributed by atoms with E-state index in [1.165, 1.54) is 25.7 Å². The lowest BCUT2D eigenvalue weighted by atomic mass is 9.53. The highest BCUT2D eigenvalue weighted by Gasteiger charge is 2.71. The van der Waals surface area contributed by atoms with Crippen LogP contribution in [0.1, 0.15) is 38.5 Å². The first-order chi connectivity index (χ1) is 11.7. The van der Waals surface area contributed by atoms with E-state index in [0.29, 0.717) is 23.7 Å². The van der Waals surface area contributed by atoms with Gasteiger partial charge in [0, 0.05) is 11.8 Å². The van der Waals surface area contributed by atoms with Gasteiger partial charge in [-0.15, -0.1) is 0 Å². The van der Waals surface area contributed by atoms with E-state index in [1.807, 2.05) is 0 Å². The zero-order valence-corrected chi connectivity index (χ0v) is 14.0. The molecule has 132 valence electrons. The van der Waals surface area contributed by atoms with E-state index >= 15 is 0 Å². The molecule has 4 nitrogen and oxygen atoms in total. The van der Waals surface area contributed by atoms with Gasteiger partial charge in [0.25, 0.3) is 0 Å². The lowest BCUT2D eigenvalue weighted by Crippen LogP contribution is -2.61. The first-order valence-electron chi connectivity index (χ1n) is 10.4. The predicted molar refractivity (Wildman–Crippen MR) is 84.4 cm³/mol. The van der Waals surface area contributed by atoms with Gasteiger partial charge >= 0.3 is 0 Å². The van der Waals surface area contributed by atoms with Crippen LogP contribution in [0.3, 0.4) is 0 Å². The third kappa shape index (κ3) is 1.42. The second kappa shape index (κ2) is 4.39. The molecule has 7 fully saturated rings. The monoisotopic (exact) mass is 332 g/mol. The molecular formula is C20H28O4. The van der Waals surface area contributed by atoms with Crippen LogP contribution in [0.15, 0.2) is 0 Å². The normalized spacial score (nSPS) is 71.2. The zero-order chi connectivity index (χ0) is 15.7. The molecule has 0 aromatic heterocycles. The average molecular weight is 332 g/mol. The smallest absolute Gasteiger partial charge is 0.158 e. The van der Waals surface area contributed by atoms with Gasteiger partial charge in [0.15, 0.2) is 12.6 Å². The van der Waals surface area contributed by atoms with Crippen LogP contribution in [0.2, 0.25) is 0 Å². The first-order valence-corrected chi connectivity index (χ1v) is 10.4. The van der Waals surface area contributed by atoms with Gasteiger partial charge in [-0.25, -0.2) is 0 Å². The second-order valence-electron chi connectivity index (χ2n) is 10.1. The van der Waals surface area contributed by atoms with Crippen molar-refractivity contribution in [3.63, 3.8) is 0 Å². The molecule has 2 heterocycles. The van der Waals surface area contributed by atoms with Crippen molar-refractivity contribution in [2.45, 2.75) is 63.3 Å². The predicted octanol–water partition coefficient (Wildman–Crippen LogP) is 1.99. The third-order valence-corrected chi connectivity index (χ3v) is 9.79. The number of aliphatic hydroxyl groups is 2. The van der Waals surface area contributed by atoms with Crippen LogP contribution in [0.5, 0.6) is 0 Å². The van der Waals surface area contributed by atoms with Gasteiger partial charge in [0.1, 0.15) is 0 Å². The van der Waals surface area contributed by atoms with Crippen molar-refractivity contribution in [2.24, 2.45) is 59.2 Å². The van der Waals surface area contributed by atoms with E-state index in [2.05, 4.69) is 0 Å². The summed E-state index contributed by atoms with van der Waals surface area (Å²) in [6.07, 6.45) is 6.78. The van der Waals surface area contributed by atoms with E-state index in [4.69, 9.17) is 9.47 Å². The lowest BCUT2D eigenvalue weighted by Gasteiger charge is -2.58. The molecule has 2 saturated heterocycles. The van der Waals surface area contributed by atoms with Gasteiger partial charge in [0.05, 0.1) is 12.2 Å². The Morgan fingerprint density at radius 2 is 1.00 bits per heavy atom. The Balaban J connectivity index is 1.38. The number of hydrogen-bond acceptors (Lipinski definition) is 4. The highest BCUT2D eigenvalue weighted by molar-refractivity contribution is 5.16. The van der Waals surface area contributed by atoms with Crippen LogP contribution in [-0.2, 0) is 9.47 Å². The summed E-state index contributed by atoms with van der Waals surface area (Å²) in [5, 5.41) is 21.8. The molecule has 0 bridgehead atoms. The summed E-state index contributed by atoms with van der Waals surface area (Å²) in [5.41, 5.74) is 0. The molecule has 0 aromatic rings. The van der Waals surface area contributed by atoms with Crippen LogP contribution in [0, 0.1) is 59.2 Å². The summed E-state index contributed by atoms with van der Waals surface area (Å²) in [6, 6.07) is 0. The number of aliphatic hydroxyl groups excluding tert-OH is 2. The van der Waals surface area contributed by atoms with Gasteiger partial charge in [-0.3, -0.25) is 0 Å². The molecule has 7 rings (SSSR count). The minimum absolute atomic E-state index is 0.107. The third-order valence-electron chi connectivity index (χ3n) is 9.79. The molecule has 24 heavy (non-hydrogen) atoms. The fraction of sp³-hybridized carbons (Fsp3) is 1.00. The highest BCUT2D eigenvalue weighted by Crippen LogP contribution is 2.72. The minimum Gasteiger partial charge on any atom is -0.368 e. The summed E-state index contributed by atoms with van der Waals surface area (Å²) in [7, 11) is 0. The number of fused-ring (bicyclic) bond motifs is 2. The minimum atomic E-state index is -0.684. The molecule has 0 aromatic carbocycles. The van der Waals surface area contributed by atoms with E-state index in [-0.39, 0.29) is 24.0 Å². The fourth-order valence-corrected chi connectivity index (χ4v) is 9.53. The molecule has 0 radical (unpaired) electrons. The summed E-state index contributed by atoms with van der Waals surface area (Å²) < 4.78 is 12.2. The Hall–Kier alpha value is -0.160. The molecule has 2 aliphatic heterocycles. The topological polar surface area (TPSA) is 58.9 Å². The molecule has 5 aliphatic carbocycles. The van der Waals surface area contributed by atoms with Crippen molar-refractivity contribution in [1.82, 2.24) is 0 Å². The van der Waals surface area contributed by atoms with Gasteiger partial charge in [-0.2, -0.15) is 0 Å².